The molecule has 0 saturated heterocycles. The molecule has 0 fully saturated rings. The number of phenolic OH excluding ortho intramolecular Hbond substituents is 1. The number of aliphatic hydroxyl groups is 1. The molecule has 72 valence electrons. The molecular formula is C10H15NO2. The van der Waals surface area contributed by atoms with Crippen LogP contribution in [0.4, 0.5) is 0 Å². The highest BCUT2D eigenvalue weighted by Gasteiger charge is 2.11. The molecule has 0 aliphatic carbocycles. The molecule has 0 aromatic heterocycles. The fourth-order valence-electron chi connectivity index (χ4n) is 1.37. The minimum Gasteiger partial charge on any atom is -0.507 e. The molecule has 3 nitrogen and oxygen atoms in total. The summed E-state index contributed by atoms with van der Waals surface area (Å²) in [5, 5.41) is 18.5. The predicted octanol–water partition coefficient (Wildman–Crippen LogP) is 1.00. The van der Waals surface area contributed by atoms with Crippen molar-refractivity contribution in [1.29, 1.82) is 0 Å². The van der Waals surface area contributed by atoms with Gasteiger partial charge in [-0.3, -0.25) is 0 Å². The molecule has 0 amide bonds. The maximum Gasteiger partial charge on any atom is 0.123 e. The molecule has 1 atom stereocenters. The average Bonchev–Trinajstić information content (AvgIpc) is 2.10. The van der Waals surface area contributed by atoms with E-state index in [2.05, 4.69) is 0 Å². The minimum atomic E-state index is -0.501. The Morgan fingerprint density at radius 3 is 2.54 bits per heavy atom. The first-order valence-corrected chi connectivity index (χ1v) is 4.22. The first-order valence-electron chi connectivity index (χ1n) is 4.22. The lowest BCUT2D eigenvalue weighted by Crippen LogP contribution is -2.15. The van der Waals surface area contributed by atoms with E-state index in [1.54, 1.807) is 6.07 Å². The highest BCUT2D eigenvalue weighted by atomic mass is 16.3. The van der Waals surface area contributed by atoms with Crippen molar-refractivity contribution in [3.63, 3.8) is 0 Å². The van der Waals surface area contributed by atoms with Crippen molar-refractivity contribution in [3.8, 4) is 5.75 Å². The summed E-state index contributed by atoms with van der Waals surface area (Å²) in [6.07, 6.45) is 0. The van der Waals surface area contributed by atoms with Gasteiger partial charge in [0.15, 0.2) is 0 Å². The van der Waals surface area contributed by atoms with Crippen LogP contribution in [0.2, 0.25) is 0 Å². The molecule has 0 bridgehead atoms. The zero-order valence-electron chi connectivity index (χ0n) is 7.91. The molecule has 0 unspecified atom stereocenters. The Balaban J connectivity index is 3.20. The molecule has 0 spiro atoms. The van der Waals surface area contributed by atoms with Gasteiger partial charge in [-0.1, -0.05) is 17.7 Å². The number of hydrogen-bond donors (Lipinski definition) is 3. The van der Waals surface area contributed by atoms with Gasteiger partial charge in [-0.2, -0.15) is 0 Å². The van der Waals surface area contributed by atoms with Crippen LogP contribution in [0.1, 0.15) is 22.7 Å². The van der Waals surface area contributed by atoms with E-state index in [0.29, 0.717) is 5.56 Å². The van der Waals surface area contributed by atoms with Crippen LogP contribution in [-0.4, -0.2) is 16.8 Å². The van der Waals surface area contributed by atoms with E-state index in [0.717, 1.165) is 11.1 Å². The van der Waals surface area contributed by atoms with E-state index in [1.165, 1.54) is 0 Å². The lowest BCUT2D eigenvalue weighted by atomic mass is 10.0. The Labute approximate surface area is 77.8 Å². The van der Waals surface area contributed by atoms with Crippen LogP contribution in [0.15, 0.2) is 12.1 Å². The zero-order valence-corrected chi connectivity index (χ0v) is 7.91. The summed E-state index contributed by atoms with van der Waals surface area (Å²) in [6.45, 7) is 3.59. The van der Waals surface area contributed by atoms with Crippen molar-refractivity contribution in [2.45, 2.75) is 19.9 Å². The standard InChI is InChI=1S/C10H15NO2/c1-6-3-7(2)10(13)8(4-6)9(11)5-12/h3-4,9,12-13H,5,11H2,1-2H3/t9-/m0/s1. The smallest absolute Gasteiger partial charge is 0.123 e. The molecule has 0 aliphatic heterocycles. The summed E-state index contributed by atoms with van der Waals surface area (Å²) in [6, 6.07) is 3.17. The van der Waals surface area contributed by atoms with Gasteiger partial charge < -0.3 is 15.9 Å². The molecule has 1 aromatic rings. The van der Waals surface area contributed by atoms with E-state index in [1.807, 2.05) is 19.9 Å². The summed E-state index contributed by atoms with van der Waals surface area (Å²) in [4.78, 5) is 0. The number of rotatable bonds is 2. The third-order valence-corrected chi connectivity index (χ3v) is 2.07. The van der Waals surface area contributed by atoms with Crippen molar-refractivity contribution in [2.24, 2.45) is 5.73 Å². The average molecular weight is 181 g/mol. The molecule has 0 saturated carbocycles. The van der Waals surface area contributed by atoms with Gasteiger partial charge in [0.05, 0.1) is 12.6 Å². The minimum absolute atomic E-state index is 0.156. The molecule has 3 heteroatoms. The fraction of sp³-hybridized carbons (Fsp3) is 0.400. The quantitative estimate of drug-likeness (QED) is 0.637. The van der Waals surface area contributed by atoms with Gasteiger partial charge in [-0.05, 0) is 19.4 Å². The normalized spacial score (nSPS) is 12.9. The van der Waals surface area contributed by atoms with Gasteiger partial charge in [0.2, 0.25) is 0 Å². The number of aryl methyl sites for hydroxylation is 2. The second-order valence-electron chi connectivity index (χ2n) is 3.31. The molecule has 0 heterocycles. The van der Waals surface area contributed by atoms with E-state index < -0.39 is 6.04 Å². The van der Waals surface area contributed by atoms with Gasteiger partial charge in [-0.15, -0.1) is 0 Å². The number of hydrogen-bond acceptors (Lipinski definition) is 3. The van der Waals surface area contributed by atoms with Gasteiger partial charge in [0, 0.05) is 5.56 Å². The highest BCUT2D eigenvalue weighted by molar-refractivity contribution is 5.44. The summed E-state index contributed by atoms with van der Waals surface area (Å²) >= 11 is 0. The predicted molar refractivity (Wildman–Crippen MR) is 51.6 cm³/mol. The van der Waals surface area contributed by atoms with Crippen molar-refractivity contribution in [1.82, 2.24) is 0 Å². The summed E-state index contributed by atoms with van der Waals surface area (Å²) in [7, 11) is 0. The lowest BCUT2D eigenvalue weighted by Gasteiger charge is -2.13. The molecule has 0 aliphatic rings. The molecule has 1 rings (SSSR count). The molecule has 1 aromatic carbocycles. The number of benzene rings is 1. The number of phenols is 1. The molecule has 4 N–H and O–H groups in total. The van der Waals surface area contributed by atoms with Crippen LogP contribution < -0.4 is 5.73 Å². The van der Waals surface area contributed by atoms with Crippen LogP contribution in [-0.2, 0) is 0 Å². The number of aliphatic hydroxyl groups excluding tert-OH is 1. The first-order chi connectivity index (χ1) is 6.06. The second-order valence-corrected chi connectivity index (χ2v) is 3.31. The maximum atomic E-state index is 9.63. The lowest BCUT2D eigenvalue weighted by molar-refractivity contribution is 0.265. The van der Waals surface area contributed by atoms with E-state index in [9.17, 15) is 5.11 Å². The van der Waals surface area contributed by atoms with Gasteiger partial charge in [0.25, 0.3) is 0 Å². The van der Waals surface area contributed by atoms with Crippen molar-refractivity contribution in [3.05, 3.63) is 28.8 Å². The SMILES string of the molecule is Cc1cc(C)c(O)c([C@@H](N)CO)c1. The molecule has 0 radical (unpaired) electrons. The zero-order chi connectivity index (χ0) is 10.0. The van der Waals surface area contributed by atoms with E-state index >= 15 is 0 Å². The van der Waals surface area contributed by atoms with Crippen molar-refractivity contribution >= 4 is 0 Å². The third-order valence-electron chi connectivity index (χ3n) is 2.07. The van der Waals surface area contributed by atoms with E-state index in [-0.39, 0.29) is 12.4 Å². The van der Waals surface area contributed by atoms with E-state index in [4.69, 9.17) is 10.8 Å². The van der Waals surface area contributed by atoms with Gasteiger partial charge in [-0.25, -0.2) is 0 Å². The first kappa shape index (κ1) is 10.0. The summed E-state index contributed by atoms with van der Waals surface area (Å²) < 4.78 is 0. The molecule has 13 heavy (non-hydrogen) atoms. The Hall–Kier alpha value is -1.06. The van der Waals surface area contributed by atoms with Crippen molar-refractivity contribution < 1.29 is 10.2 Å². The third kappa shape index (κ3) is 1.99. The second kappa shape index (κ2) is 3.77. The Kier molecular flexibility index (Phi) is 2.90. The van der Waals surface area contributed by atoms with Crippen LogP contribution >= 0.6 is 0 Å². The Morgan fingerprint density at radius 2 is 2.00 bits per heavy atom. The van der Waals surface area contributed by atoms with Crippen molar-refractivity contribution in [2.75, 3.05) is 6.61 Å². The van der Waals surface area contributed by atoms with Gasteiger partial charge in [0.1, 0.15) is 5.75 Å². The fourth-order valence-corrected chi connectivity index (χ4v) is 1.37. The number of nitrogens with two attached hydrogens (primary N) is 1. The van der Waals surface area contributed by atoms with Crippen LogP contribution in [0.5, 0.6) is 5.75 Å². The molecular weight excluding hydrogens is 166 g/mol. The topological polar surface area (TPSA) is 66.5 Å². The summed E-state index contributed by atoms with van der Waals surface area (Å²) in [5.41, 5.74) is 8.06. The summed E-state index contributed by atoms with van der Waals surface area (Å²) in [5.74, 6) is 0.187. The number of aromatic hydroxyl groups is 1. The highest BCUT2D eigenvalue weighted by Crippen LogP contribution is 2.27. The van der Waals surface area contributed by atoms with Gasteiger partial charge >= 0.3 is 0 Å². The van der Waals surface area contributed by atoms with Crippen LogP contribution in [0.3, 0.4) is 0 Å². The monoisotopic (exact) mass is 181 g/mol. The largest absolute Gasteiger partial charge is 0.507 e. The van der Waals surface area contributed by atoms with Crippen LogP contribution in [0.25, 0.3) is 0 Å². The Morgan fingerprint density at radius 1 is 1.38 bits per heavy atom. The van der Waals surface area contributed by atoms with Crippen LogP contribution in [0, 0.1) is 13.8 Å². The Bertz CT molecular complexity index is 310. The maximum absolute atomic E-state index is 9.63.